The van der Waals surface area contributed by atoms with Crippen molar-refractivity contribution in [2.45, 2.75) is 187 Å². The molecule has 5 heteroatoms. The van der Waals surface area contributed by atoms with Crippen LogP contribution in [-0.2, 0) is 19.1 Å². The van der Waals surface area contributed by atoms with Crippen LogP contribution >= 0.6 is 0 Å². The Morgan fingerprint density at radius 1 is 0.383 bits per heavy atom. The Bertz CT molecular complexity index is 1300. The van der Waals surface area contributed by atoms with Crippen molar-refractivity contribution in [3.05, 3.63) is 134 Å². The van der Waals surface area contributed by atoms with Crippen LogP contribution in [0.5, 0.6) is 0 Å². The molecule has 0 saturated carbocycles. The summed E-state index contributed by atoms with van der Waals surface area (Å²) in [6, 6.07) is 0. The number of hydrogen-bond acceptors (Lipinski definition) is 5. The van der Waals surface area contributed by atoms with Gasteiger partial charge in [-0.25, -0.2) is 0 Å². The minimum Gasteiger partial charge on any atom is -0.462 e. The molecule has 0 aromatic carbocycles. The molecule has 0 saturated heterocycles. The van der Waals surface area contributed by atoms with Crippen LogP contribution in [0.3, 0.4) is 0 Å². The standard InChI is InChI=1S/C55H86O5/c1-3-5-7-9-11-13-15-17-19-21-23-25-27-29-31-33-35-37-39-41-43-45-47-49-54(57)59-52-53(51-56)60-55(58)50-48-46-44-42-40-38-36-34-32-30-28-26-24-22-20-18-16-14-12-10-8-6-4-2/h5-8,11-14,17-20,23-26,30,32,36,38,42,44,53,56H,3-4,9-10,15-16,21-22,27-29,31,33-35,37,39-41,43,45-52H2,1-2H3/b7-5-,8-6-,13-11-,14-12-,19-17-,20-18-,25-23-,26-24-,32-30-,38-36-,44-42-. The second kappa shape index (κ2) is 49.4. The molecule has 0 aliphatic rings. The normalized spacial score (nSPS) is 13.4. The molecule has 0 fully saturated rings. The Morgan fingerprint density at radius 2 is 0.683 bits per heavy atom. The summed E-state index contributed by atoms with van der Waals surface area (Å²) >= 11 is 0. The molecular formula is C55H86O5. The molecule has 0 radical (unpaired) electrons. The number of aliphatic hydroxyl groups is 1. The highest BCUT2D eigenvalue weighted by Gasteiger charge is 2.16. The molecule has 336 valence electrons. The molecule has 0 spiro atoms. The number of ether oxygens (including phenoxy) is 2. The van der Waals surface area contributed by atoms with E-state index in [0.717, 1.165) is 96.3 Å². The number of unbranched alkanes of at least 4 members (excludes halogenated alkanes) is 11. The maximum absolute atomic E-state index is 12.2. The van der Waals surface area contributed by atoms with Crippen molar-refractivity contribution >= 4 is 11.9 Å². The zero-order valence-corrected chi connectivity index (χ0v) is 38.2. The smallest absolute Gasteiger partial charge is 0.306 e. The first-order valence-electron chi connectivity index (χ1n) is 23.7. The van der Waals surface area contributed by atoms with Crippen molar-refractivity contribution in [3.8, 4) is 0 Å². The number of carbonyl (C=O) groups is 2. The van der Waals surface area contributed by atoms with Crippen molar-refractivity contribution in [2.24, 2.45) is 0 Å². The van der Waals surface area contributed by atoms with Gasteiger partial charge in [0, 0.05) is 12.8 Å². The van der Waals surface area contributed by atoms with Crippen molar-refractivity contribution in [1.82, 2.24) is 0 Å². The number of hydrogen-bond donors (Lipinski definition) is 1. The molecule has 0 bridgehead atoms. The van der Waals surface area contributed by atoms with E-state index in [1.807, 2.05) is 0 Å². The lowest BCUT2D eigenvalue weighted by Gasteiger charge is -2.15. The molecule has 0 aliphatic heterocycles. The molecular weight excluding hydrogens is 741 g/mol. The SMILES string of the molecule is CC/C=C\C/C=C\C/C=C\C/C=C\C/C=C\C/C=C\C/C=C\CCCC(=O)OC(CO)COC(=O)CCCCCCCCCCCC/C=C\C/C=C\C/C=C\C/C=C\CC. The van der Waals surface area contributed by atoms with Gasteiger partial charge in [0.25, 0.3) is 0 Å². The van der Waals surface area contributed by atoms with Gasteiger partial charge in [-0.3, -0.25) is 9.59 Å². The predicted molar refractivity (Wildman–Crippen MR) is 260 cm³/mol. The van der Waals surface area contributed by atoms with Gasteiger partial charge in [-0.1, -0.05) is 199 Å². The number of allylic oxidation sites excluding steroid dienone is 22. The van der Waals surface area contributed by atoms with Gasteiger partial charge in [0.2, 0.25) is 0 Å². The fourth-order valence-electron chi connectivity index (χ4n) is 5.95. The number of aliphatic hydroxyl groups excluding tert-OH is 1. The Balaban J connectivity index is 3.68. The maximum Gasteiger partial charge on any atom is 0.306 e. The molecule has 0 heterocycles. The van der Waals surface area contributed by atoms with E-state index in [1.165, 1.54) is 51.4 Å². The second-order valence-corrected chi connectivity index (χ2v) is 15.1. The van der Waals surface area contributed by atoms with Crippen molar-refractivity contribution in [1.29, 1.82) is 0 Å². The summed E-state index contributed by atoms with van der Waals surface area (Å²) in [6.07, 6.45) is 73.9. The minimum absolute atomic E-state index is 0.101. The van der Waals surface area contributed by atoms with Crippen molar-refractivity contribution < 1.29 is 24.2 Å². The van der Waals surface area contributed by atoms with E-state index in [1.54, 1.807) is 0 Å². The number of rotatable bonds is 41. The average molecular weight is 827 g/mol. The van der Waals surface area contributed by atoms with Crippen LogP contribution in [-0.4, -0.2) is 36.4 Å². The average Bonchev–Trinajstić information content (AvgIpc) is 3.25. The minimum atomic E-state index is -0.815. The Kier molecular flexibility index (Phi) is 46.1. The molecule has 1 N–H and O–H groups in total. The van der Waals surface area contributed by atoms with Gasteiger partial charge in [-0.2, -0.15) is 0 Å². The van der Waals surface area contributed by atoms with Gasteiger partial charge in [0.15, 0.2) is 6.10 Å². The van der Waals surface area contributed by atoms with E-state index in [2.05, 4.69) is 148 Å². The number of esters is 2. The third kappa shape index (κ3) is 46.7. The first-order valence-corrected chi connectivity index (χ1v) is 23.7. The van der Waals surface area contributed by atoms with Gasteiger partial charge in [0.1, 0.15) is 6.61 Å². The van der Waals surface area contributed by atoms with Crippen LogP contribution in [0.15, 0.2) is 134 Å². The summed E-state index contributed by atoms with van der Waals surface area (Å²) < 4.78 is 10.6. The van der Waals surface area contributed by atoms with E-state index in [9.17, 15) is 14.7 Å². The summed E-state index contributed by atoms with van der Waals surface area (Å²) in [5.41, 5.74) is 0. The zero-order chi connectivity index (χ0) is 43.5. The lowest BCUT2D eigenvalue weighted by atomic mass is 10.1. The quantitative estimate of drug-likeness (QED) is 0.0378. The highest BCUT2D eigenvalue weighted by molar-refractivity contribution is 5.70. The Morgan fingerprint density at radius 3 is 1.05 bits per heavy atom. The Hall–Kier alpha value is -3.96. The van der Waals surface area contributed by atoms with Gasteiger partial charge in [0.05, 0.1) is 6.61 Å². The lowest BCUT2D eigenvalue weighted by Crippen LogP contribution is -2.28. The monoisotopic (exact) mass is 827 g/mol. The van der Waals surface area contributed by atoms with Gasteiger partial charge in [-0.05, 0) is 103 Å². The molecule has 5 nitrogen and oxygen atoms in total. The van der Waals surface area contributed by atoms with Crippen LogP contribution < -0.4 is 0 Å². The van der Waals surface area contributed by atoms with Crippen LogP contribution in [0, 0.1) is 0 Å². The Labute approximate surface area is 368 Å². The molecule has 0 aromatic heterocycles. The van der Waals surface area contributed by atoms with Crippen LogP contribution in [0.1, 0.15) is 181 Å². The van der Waals surface area contributed by atoms with Crippen LogP contribution in [0.25, 0.3) is 0 Å². The number of carbonyl (C=O) groups excluding carboxylic acids is 2. The zero-order valence-electron chi connectivity index (χ0n) is 38.2. The fraction of sp³-hybridized carbons (Fsp3) is 0.564. The van der Waals surface area contributed by atoms with Crippen LogP contribution in [0.2, 0.25) is 0 Å². The first-order chi connectivity index (χ1) is 29.6. The first kappa shape index (κ1) is 56.0. The van der Waals surface area contributed by atoms with Gasteiger partial charge in [-0.15, -0.1) is 0 Å². The van der Waals surface area contributed by atoms with E-state index in [4.69, 9.17) is 9.47 Å². The molecule has 0 aromatic rings. The van der Waals surface area contributed by atoms with Crippen molar-refractivity contribution in [3.63, 3.8) is 0 Å². The van der Waals surface area contributed by atoms with E-state index >= 15 is 0 Å². The largest absolute Gasteiger partial charge is 0.462 e. The van der Waals surface area contributed by atoms with E-state index in [0.29, 0.717) is 12.8 Å². The summed E-state index contributed by atoms with van der Waals surface area (Å²) in [6.45, 7) is 3.85. The second-order valence-electron chi connectivity index (χ2n) is 15.1. The van der Waals surface area contributed by atoms with Crippen LogP contribution in [0.4, 0.5) is 0 Å². The third-order valence-corrected chi connectivity index (χ3v) is 9.44. The summed E-state index contributed by atoms with van der Waals surface area (Å²) in [5, 5.41) is 9.60. The summed E-state index contributed by atoms with van der Waals surface area (Å²) in [4.78, 5) is 24.4. The van der Waals surface area contributed by atoms with E-state index < -0.39 is 6.10 Å². The van der Waals surface area contributed by atoms with E-state index in [-0.39, 0.29) is 31.6 Å². The van der Waals surface area contributed by atoms with Crippen molar-refractivity contribution in [2.75, 3.05) is 13.2 Å². The van der Waals surface area contributed by atoms with Gasteiger partial charge >= 0.3 is 11.9 Å². The molecule has 1 unspecified atom stereocenters. The topological polar surface area (TPSA) is 72.8 Å². The fourth-order valence-corrected chi connectivity index (χ4v) is 5.95. The predicted octanol–water partition coefficient (Wildman–Crippen LogP) is 15.7. The lowest BCUT2D eigenvalue weighted by molar-refractivity contribution is -0.161. The summed E-state index contributed by atoms with van der Waals surface area (Å²) in [5.74, 6) is -0.677. The molecule has 1 atom stereocenters. The third-order valence-electron chi connectivity index (χ3n) is 9.44. The molecule has 0 amide bonds. The highest BCUT2D eigenvalue weighted by Crippen LogP contribution is 2.13. The highest BCUT2D eigenvalue weighted by atomic mass is 16.6. The molecule has 0 rings (SSSR count). The maximum atomic E-state index is 12.2. The van der Waals surface area contributed by atoms with Gasteiger partial charge < -0.3 is 14.6 Å². The molecule has 60 heavy (non-hydrogen) atoms. The summed E-state index contributed by atoms with van der Waals surface area (Å²) in [7, 11) is 0. The molecule has 0 aliphatic carbocycles.